The predicted molar refractivity (Wildman–Crippen MR) is 79.3 cm³/mol. The molecule has 0 saturated carbocycles. The van der Waals surface area contributed by atoms with Gasteiger partial charge in [-0.3, -0.25) is 0 Å². The van der Waals surface area contributed by atoms with Crippen molar-refractivity contribution in [3.63, 3.8) is 0 Å². The van der Waals surface area contributed by atoms with E-state index in [9.17, 15) is 8.78 Å². The molecule has 1 aromatic carbocycles. The molecule has 0 radical (unpaired) electrons. The van der Waals surface area contributed by atoms with E-state index >= 15 is 0 Å². The Morgan fingerprint density at radius 2 is 1.76 bits per heavy atom. The first-order valence-electron chi connectivity index (χ1n) is 6.91. The van der Waals surface area contributed by atoms with Crippen LogP contribution in [-0.2, 0) is 13.0 Å². The SMILES string of the molecule is CCNc1ncnc(NCc2ccc(F)cc2F)c1CC. The molecule has 0 unspecified atom stereocenters. The number of hydrogen-bond donors (Lipinski definition) is 2. The highest BCUT2D eigenvalue weighted by atomic mass is 19.1. The van der Waals surface area contributed by atoms with Crippen molar-refractivity contribution in [2.75, 3.05) is 17.2 Å². The van der Waals surface area contributed by atoms with Crippen LogP contribution in [0.4, 0.5) is 20.4 Å². The Bertz CT molecular complexity index is 617. The largest absolute Gasteiger partial charge is 0.370 e. The number of anilines is 2. The molecule has 0 bridgehead atoms. The van der Waals surface area contributed by atoms with Crippen molar-refractivity contribution < 1.29 is 8.78 Å². The first kappa shape index (κ1) is 15.2. The minimum absolute atomic E-state index is 0.238. The van der Waals surface area contributed by atoms with Gasteiger partial charge < -0.3 is 10.6 Å². The summed E-state index contributed by atoms with van der Waals surface area (Å²) in [6, 6.07) is 3.54. The summed E-state index contributed by atoms with van der Waals surface area (Å²) < 4.78 is 26.5. The van der Waals surface area contributed by atoms with Crippen LogP contribution in [-0.4, -0.2) is 16.5 Å². The van der Waals surface area contributed by atoms with Gasteiger partial charge in [0.2, 0.25) is 0 Å². The zero-order valence-electron chi connectivity index (χ0n) is 12.1. The minimum Gasteiger partial charge on any atom is -0.370 e. The highest BCUT2D eigenvalue weighted by Crippen LogP contribution is 2.21. The topological polar surface area (TPSA) is 49.8 Å². The van der Waals surface area contributed by atoms with Crippen molar-refractivity contribution in [3.8, 4) is 0 Å². The van der Waals surface area contributed by atoms with E-state index in [1.807, 2.05) is 13.8 Å². The lowest BCUT2D eigenvalue weighted by molar-refractivity contribution is 0.574. The maximum Gasteiger partial charge on any atom is 0.134 e. The van der Waals surface area contributed by atoms with E-state index in [0.29, 0.717) is 11.4 Å². The molecule has 2 aromatic rings. The van der Waals surface area contributed by atoms with Crippen LogP contribution in [0.25, 0.3) is 0 Å². The maximum atomic E-state index is 13.6. The lowest BCUT2D eigenvalue weighted by Crippen LogP contribution is -2.10. The first-order valence-corrected chi connectivity index (χ1v) is 6.91. The van der Waals surface area contributed by atoms with Crippen LogP contribution in [0.15, 0.2) is 24.5 Å². The van der Waals surface area contributed by atoms with E-state index in [1.54, 1.807) is 0 Å². The number of rotatable bonds is 6. The number of nitrogens with zero attached hydrogens (tertiary/aromatic N) is 2. The van der Waals surface area contributed by atoms with E-state index in [2.05, 4.69) is 20.6 Å². The average molecular weight is 292 g/mol. The lowest BCUT2D eigenvalue weighted by atomic mass is 10.2. The summed E-state index contributed by atoms with van der Waals surface area (Å²) in [5.41, 5.74) is 1.34. The molecule has 0 aliphatic rings. The van der Waals surface area contributed by atoms with E-state index in [1.165, 1.54) is 18.5 Å². The molecule has 2 N–H and O–H groups in total. The number of benzene rings is 1. The number of aromatic nitrogens is 2. The molecular weight excluding hydrogens is 274 g/mol. The third-order valence-corrected chi connectivity index (χ3v) is 3.10. The maximum absolute atomic E-state index is 13.6. The summed E-state index contributed by atoms with van der Waals surface area (Å²) in [6.45, 7) is 4.99. The van der Waals surface area contributed by atoms with Crippen LogP contribution >= 0.6 is 0 Å². The second-order valence-electron chi connectivity index (χ2n) is 4.52. The minimum atomic E-state index is -0.582. The van der Waals surface area contributed by atoms with Crippen LogP contribution < -0.4 is 10.6 Å². The van der Waals surface area contributed by atoms with Crippen LogP contribution in [0.1, 0.15) is 25.0 Å². The number of nitrogens with one attached hydrogen (secondary N) is 2. The van der Waals surface area contributed by atoms with Crippen LogP contribution in [0.2, 0.25) is 0 Å². The van der Waals surface area contributed by atoms with Gasteiger partial charge in [-0.2, -0.15) is 0 Å². The van der Waals surface area contributed by atoms with Gasteiger partial charge >= 0.3 is 0 Å². The van der Waals surface area contributed by atoms with Crippen LogP contribution in [0.3, 0.4) is 0 Å². The summed E-state index contributed by atoms with van der Waals surface area (Å²) in [7, 11) is 0. The fourth-order valence-electron chi connectivity index (χ4n) is 2.06. The van der Waals surface area contributed by atoms with Gasteiger partial charge in [-0.05, 0) is 19.4 Å². The smallest absolute Gasteiger partial charge is 0.134 e. The quantitative estimate of drug-likeness (QED) is 0.857. The highest BCUT2D eigenvalue weighted by Gasteiger charge is 2.10. The molecular formula is C15H18F2N4. The molecule has 112 valence electrons. The third-order valence-electron chi connectivity index (χ3n) is 3.10. The third kappa shape index (κ3) is 3.65. The first-order chi connectivity index (χ1) is 10.2. The second kappa shape index (κ2) is 6.97. The van der Waals surface area contributed by atoms with Crippen molar-refractivity contribution in [2.45, 2.75) is 26.8 Å². The standard InChI is InChI=1S/C15H18F2N4/c1-3-12-14(18-4-2)20-9-21-15(12)19-8-10-5-6-11(16)7-13(10)17/h5-7,9H,3-4,8H2,1-2H3,(H2,18,19,20,21). The normalized spacial score (nSPS) is 10.5. The zero-order valence-corrected chi connectivity index (χ0v) is 12.1. The Morgan fingerprint density at radius 1 is 1.05 bits per heavy atom. The van der Waals surface area contributed by atoms with E-state index in [-0.39, 0.29) is 6.54 Å². The fourth-order valence-corrected chi connectivity index (χ4v) is 2.06. The molecule has 0 atom stereocenters. The summed E-state index contributed by atoms with van der Waals surface area (Å²) in [5.74, 6) is 0.285. The van der Waals surface area contributed by atoms with Crippen molar-refractivity contribution in [2.24, 2.45) is 0 Å². The molecule has 2 rings (SSSR count). The van der Waals surface area contributed by atoms with Gasteiger partial charge in [0.1, 0.15) is 29.6 Å². The van der Waals surface area contributed by atoms with Gasteiger partial charge in [-0.25, -0.2) is 18.7 Å². The Hall–Kier alpha value is -2.24. The summed E-state index contributed by atoms with van der Waals surface area (Å²) in [4.78, 5) is 8.39. The van der Waals surface area contributed by atoms with Gasteiger partial charge in [0.05, 0.1) is 0 Å². The predicted octanol–water partition coefficient (Wildman–Crippen LogP) is 3.36. The summed E-state index contributed by atoms with van der Waals surface area (Å²) in [6.07, 6.45) is 2.21. The van der Waals surface area contributed by atoms with Crippen molar-refractivity contribution in [3.05, 3.63) is 47.3 Å². The van der Waals surface area contributed by atoms with E-state index in [0.717, 1.165) is 30.4 Å². The molecule has 0 fully saturated rings. The Labute approximate surface area is 122 Å². The zero-order chi connectivity index (χ0) is 15.2. The molecule has 4 nitrogen and oxygen atoms in total. The molecule has 0 saturated heterocycles. The average Bonchev–Trinajstić information content (AvgIpc) is 2.47. The van der Waals surface area contributed by atoms with E-state index in [4.69, 9.17) is 0 Å². The van der Waals surface area contributed by atoms with E-state index < -0.39 is 11.6 Å². The van der Waals surface area contributed by atoms with Crippen molar-refractivity contribution in [1.29, 1.82) is 0 Å². The van der Waals surface area contributed by atoms with Gasteiger partial charge in [-0.15, -0.1) is 0 Å². The highest BCUT2D eigenvalue weighted by molar-refractivity contribution is 5.57. The molecule has 0 aliphatic heterocycles. The van der Waals surface area contributed by atoms with Crippen LogP contribution in [0.5, 0.6) is 0 Å². The Balaban J connectivity index is 2.17. The Morgan fingerprint density at radius 3 is 2.38 bits per heavy atom. The van der Waals surface area contributed by atoms with Crippen molar-refractivity contribution in [1.82, 2.24) is 9.97 Å². The molecule has 1 heterocycles. The molecule has 1 aromatic heterocycles. The second-order valence-corrected chi connectivity index (χ2v) is 4.52. The van der Waals surface area contributed by atoms with Gasteiger partial charge in [-0.1, -0.05) is 13.0 Å². The molecule has 6 heteroatoms. The van der Waals surface area contributed by atoms with Crippen molar-refractivity contribution >= 4 is 11.6 Å². The van der Waals surface area contributed by atoms with Gasteiger partial charge in [0.15, 0.2) is 0 Å². The Kier molecular flexibility index (Phi) is 5.03. The van der Waals surface area contributed by atoms with Gasteiger partial charge in [0, 0.05) is 30.3 Å². The number of hydrogen-bond acceptors (Lipinski definition) is 4. The molecule has 21 heavy (non-hydrogen) atoms. The van der Waals surface area contributed by atoms with Gasteiger partial charge in [0.25, 0.3) is 0 Å². The molecule has 0 spiro atoms. The fraction of sp³-hybridized carbons (Fsp3) is 0.333. The summed E-state index contributed by atoms with van der Waals surface area (Å²) in [5, 5.41) is 6.26. The summed E-state index contributed by atoms with van der Waals surface area (Å²) >= 11 is 0. The monoisotopic (exact) mass is 292 g/mol. The number of halogens is 2. The van der Waals surface area contributed by atoms with Crippen LogP contribution in [0, 0.1) is 11.6 Å². The molecule has 0 aliphatic carbocycles. The molecule has 0 amide bonds. The lowest BCUT2D eigenvalue weighted by Gasteiger charge is -2.14.